The van der Waals surface area contributed by atoms with Gasteiger partial charge in [0.05, 0.1) is 4.88 Å². The highest BCUT2D eigenvalue weighted by Gasteiger charge is 2.21. The lowest BCUT2D eigenvalue weighted by atomic mass is 9.94. The summed E-state index contributed by atoms with van der Waals surface area (Å²) in [6.45, 7) is 3.97. The molecule has 122 valence electrons. The molecule has 0 unspecified atom stereocenters. The number of thiophene rings is 2. The van der Waals surface area contributed by atoms with Crippen molar-refractivity contribution in [3.05, 3.63) is 95.7 Å². The molecule has 0 fully saturated rings. The van der Waals surface area contributed by atoms with E-state index in [1.165, 1.54) is 36.9 Å². The number of hydrogen-bond acceptors (Lipinski definition) is 2. The molecule has 0 saturated carbocycles. The van der Waals surface area contributed by atoms with E-state index in [0.717, 1.165) is 6.42 Å². The van der Waals surface area contributed by atoms with Crippen LogP contribution in [0.5, 0.6) is 0 Å². The molecule has 2 aromatic heterocycles. The van der Waals surface area contributed by atoms with Gasteiger partial charge in [0, 0.05) is 27.3 Å². The van der Waals surface area contributed by atoms with E-state index in [4.69, 9.17) is 0 Å². The molecule has 4 rings (SSSR count). The van der Waals surface area contributed by atoms with Crippen LogP contribution in [0.2, 0.25) is 0 Å². The highest BCUT2D eigenvalue weighted by atomic mass is 32.1. The third-order valence-electron chi connectivity index (χ3n) is 4.18. The molecular weight excluding hydrogens is 340 g/mol. The molecule has 2 aromatic carbocycles. The van der Waals surface area contributed by atoms with Gasteiger partial charge in [-0.3, -0.25) is 0 Å². The maximum Gasteiger partial charge on any atom is 0.0530 e. The average molecular weight is 359 g/mol. The Morgan fingerprint density at radius 1 is 0.760 bits per heavy atom. The number of benzene rings is 2. The summed E-state index contributed by atoms with van der Waals surface area (Å²) in [5.74, 6) is 0. The Kier molecular flexibility index (Phi) is 4.64. The summed E-state index contributed by atoms with van der Waals surface area (Å²) in [5, 5.41) is 2.15. The minimum atomic E-state index is 0.889. The molecule has 0 radical (unpaired) electrons. The first-order chi connectivity index (χ1) is 12.4. The van der Waals surface area contributed by atoms with Crippen molar-refractivity contribution in [3.8, 4) is 32.0 Å². The molecule has 0 saturated heterocycles. The highest BCUT2D eigenvalue weighted by Crippen LogP contribution is 2.49. The second-order valence-corrected chi connectivity index (χ2v) is 7.86. The van der Waals surface area contributed by atoms with Gasteiger partial charge in [-0.2, -0.15) is 0 Å². The first-order valence-electron chi connectivity index (χ1n) is 8.29. The van der Waals surface area contributed by atoms with Crippen LogP contribution in [0, 0.1) is 0 Å². The molecule has 0 aliphatic rings. The Balaban J connectivity index is 2.05. The average Bonchev–Trinajstić information content (AvgIpc) is 3.31. The Morgan fingerprint density at radius 3 is 1.96 bits per heavy atom. The van der Waals surface area contributed by atoms with E-state index in [-0.39, 0.29) is 0 Å². The van der Waals surface area contributed by atoms with Gasteiger partial charge in [0.25, 0.3) is 0 Å². The molecule has 4 aromatic rings. The zero-order chi connectivity index (χ0) is 17.1. The predicted octanol–water partition coefficient (Wildman–Crippen LogP) is 7.54. The number of rotatable bonds is 5. The third kappa shape index (κ3) is 3.11. The van der Waals surface area contributed by atoms with Gasteiger partial charge in [-0.15, -0.1) is 29.3 Å². The van der Waals surface area contributed by atoms with Crippen molar-refractivity contribution in [2.75, 3.05) is 0 Å². The van der Waals surface area contributed by atoms with Crippen molar-refractivity contribution in [1.29, 1.82) is 0 Å². The van der Waals surface area contributed by atoms with Crippen LogP contribution in [0.1, 0.15) is 4.88 Å². The topological polar surface area (TPSA) is 0 Å². The normalized spacial score (nSPS) is 10.7. The van der Waals surface area contributed by atoms with Crippen LogP contribution in [0.4, 0.5) is 0 Å². The number of allylic oxidation sites excluding steroid dienone is 1. The molecule has 0 bridgehead atoms. The van der Waals surface area contributed by atoms with Gasteiger partial charge >= 0.3 is 0 Å². The fraction of sp³-hybridized carbons (Fsp3) is 0.0435. The zero-order valence-corrected chi connectivity index (χ0v) is 15.4. The highest BCUT2D eigenvalue weighted by molar-refractivity contribution is 7.22. The SMILES string of the molecule is C=CCc1sc(-c2cccs2)c(-c2ccccc2)c1-c1ccccc1. The molecule has 25 heavy (non-hydrogen) atoms. The maximum absolute atomic E-state index is 3.97. The van der Waals surface area contributed by atoms with Crippen molar-refractivity contribution in [2.45, 2.75) is 6.42 Å². The van der Waals surface area contributed by atoms with Gasteiger partial charge in [0.15, 0.2) is 0 Å². The molecule has 0 atom stereocenters. The van der Waals surface area contributed by atoms with Gasteiger partial charge < -0.3 is 0 Å². The fourth-order valence-corrected chi connectivity index (χ4v) is 5.32. The van der Waals surface area contributed by atoms with E-state index in [1.807, 2.05) is 17.4 Å². The van der Waals surface area contributed by atoms with Crippen LogP contribution < -0.4 is 0 Å². The second-order valence-electron chi connectivity index (χ2n) is 5.81. The Labute approximate surface area is 156 Å². The maximum atomic E-state index is 3.97. The van der Waals surface area contributed by atoms with Crippen LogP contribution in [0.25, 0.3) is 32.0 Å². The van der Waals surface area contributed by atoms with Gasteiger partial charge in [-0.25, -0.2) is 0 Å². The van der Waals surface area contributed by atoms with E-state index >= 15 is 0 Å². The van der Waals surface area contributed by atoms with Crippen LogP contribution in [0.15, 0.2) is 90.8 Å². The molecular formula is C23H18S2. The van der Waals surface area contributed by atoms with Gasteiger partial charge in [0.1, 0.15) is 0 Å². The summed E-state index contributed by atoms with van der Waals surface area (Å²) in [7, 11) is 0. The summed E-state index contributed by atoms with van der Waals surface area (Å²) >= 11 is 3.70. The largest absolute Gasteiger partial charge is 0.143 e. The molecule has 0 aliphatic heterocycles. The summed E-state index contributed by atoms with van der Waals surface area (Å²) in [4.78, 5) is 4.07. The molecule has 2 heterocycles. The zero-order valence-electron chi connectivity index (χ0n) is 13.8. The van der Waals surface area contributed by atoms with Crippen LogP contribution in [-0.2, 0) is 6.42 Å². The lowest BCUT2D eigenvalue weighted by Gasteiger charge is -2.09. The van der Waals surface area contributed by atoms with Crippen LogP contribution in [0.3, 0.4) is 0 Å². The van der Waals surface area contributed by atoms with Gasteiger partial charge in [0.2, 0.25) is 0 Å². The Bertz CT molecular complexity index is 962. The smallest absolute Gasteiger partial charge is 0.0530 e. The molecule has 0 amide bonds. The van der Waals surface area contributed by atoms with E-state index < -0.39 is 0 Å². The van der Waals surface area contributed by atoms with Gasteiger partial charge in [-0.1, -0.05) is 72.8 Å². The second kappa shape index (κ2) is 7.22. The Hall–Kier alpha value is -2.42. The van der Waals surface area contributed by atoms with Crippen LogP contribution >= 0.6 is 22.7 Å². The third-order valence-corrected chi connectivity index (χ3v) is 6.44. The first-order valence-corrected chi connectivity index (χ1v) is 9.99. The van der Waals surface area contributed by atoms with Crippen molar-refractivity contribution in [1.82, 2.24) is 0 Å². The molecule has 0 aliphatic carbocycles. The van der Waals surface area contributed by atoms with Gasteiger partial charge in [-0.05, 0) is 22.6 Å². The summed E-state index contributed by atoms with van der Waals surface area (Å²) < 4.78 is 0. The van der Waals surface area contributed by atoms with Crippen LogP contribution in [-0.4, -0.2) is 0 Å². The van der Waals surface area contributed by atoms with E-state index in [2.05, 4.69) is 84.8 Å². The molecule has 0 N–H and O–H groups in total. The van der Waals surface area contributed by atoms with Crippen molar-refractivity contribution in [3.63, 3.8) is 0 Å². The predicted molar refractivity (Wildman–Crippen MR) is 112 cm³/mol. The standard InChI is InChI=1S/C23H18S2/c1-2-10-19-21(17-11-5-3-6-12-17)22(18-13-7-4-8-14-18)23(25-19)20-15-9-16-24-20/h2-9,11-16H,1,10H2. The quantitative estimate of drug-likeness (QED) is 0.323. The summed E-state index contributed by atoms with van der Waals surface area (Å²) in [6.07, 6.45) is 2.89. The fourth-order valence-electron chi connectivity index (χ4n) is 3.12. The molecule has 2 heteroatoms. The Morgan fingerprint density at radius 2 is 1.40 bits per heavy atom. The van der Waals surface area contributed by atoms with E-state index in [9.17, 15) is 0 Å². The lowest BCUT2D eigenvalue weighted by molar-refractivity contribution is 1.35. The lowest BCUT2D eigenvalue weighted by Crippen LogP contribution is -1.86. The molecule has 0 spiro atoms. The molecule has 0 nitrogen and oxygen atoms in total. The number of hydrogen-bond donors (Lipinski definition) is 0. The van der Waals surface area contributed by atoms with E-state index in [0.29, 0.717) is 0 Å². The summed E-state index contributed by atoms with van der Waals surface area (Å²) in [6, 6.07) is 25.8. The minimum absolute atomic E-state index is 0.889. The summed E-state index contributed by atoms with van der Waals surface area (Å²) in [5.41, 5.74) is 5.24. The van der Waals surface area contributed by atoms with E-state index in [1.54, 1.807) is 11.3 Å². The van der Waals surface area contributed by atoms with Crippen molar-refractivity contribution >= 4 is 22.7 Å². The first kappa shape index (κ1) is 16.1. The monoisotopic (exact) mass is 358 g/mol. The van der Waals surface area contributed by atoms with Crippen molar-refractivity contribution in [2.24, 2.45) is 0 Å². The van der Waals surface area contributed by atoms with Crippen molar-refractivity contribution < 1.29 is 0 Å². The minimum Gasteiger partial charge on any atom is -0.143 e.